The van der Waals surface area contributed by atoms with Gasteiger partial charge in [0.05, 0.1) is 19.6 Å². The Bertz CT molecular complexity index is 357. The summed E-state index contributed by atoms with van der Waals surface area (Å²) >= 11 is 0. The maximum atomic E-state index is 10.9. The molecule has 0 atom stereocenters. The first-order chi connectivity index (χ1) is 6.27. The summed E-state index contributed by atoms with van der Waals surface area (Å²) in [5.41, 5.74) is 0.603. The van der Waals surface area contributed by atoms with Crippen LogP contribution in [0.1, 0.15) is 5.56 Å². The molecule has 0 saturated carbocycles. The summed E-state index contributed by atoms with van der Waals surface area (Å²) in [6.07, 6.45) is 4.29. The zero-order valence-corrected chi connectivity index (χ0v) is 6.98. The lowest BCUT2D eigenvalue weighted by Crippen LogP contribution is -2.02. The first-order valence-electron chi connectivity index (χ1n) is 3.50. The summed E-state index contributed by atoms with van der Waals surface area (Å²) < 4.78 is 9.16. The van der Waals surface area contributed by atoms with Crippen molar-refractivity contribution in [3.8, 4) is 6.07 Å². The molecular formula is C9H7NO3. The van der Waals surface area contributed by atoms with E-state index < -0.39 is 5.97 Å². The van der Waals surface area contributed by atoms with E-state index in [1.807, 2.05) is 0 Å². The highest BCUT2D eigenvalue weighted by Gasteiger charge is 2.08. The molecule has 4 nitrogen and oxygen atoms in total. The van der Waals surface area contributed by atoms with Gasteiger partial charge in [0.1, 0.15) is 11.6 Å². The highest BCUT2D eigenvalue weighted by molar-refractivity contribution is 5.97. The van der Waals surface area contributed by atoms with Gasteiger partial charge in [-0.2, -0.15) is 5.26 Å². The predicted molar refractivity (Wildman–Crippen MR) is 44.3 cm³/mol. The summed E-state index contributed by atoms with van der Waals surface area (Å²) in [7, 11) is 1.23. The molecule has 0 aliphatic rings. The van der Waals surface area contributed by atoms with Crippen LogP contribution in [0.25, 0.3) is 6.08 Å². The number of nitriles is 1. The van der Waals surface area contributed by atoms with Crippen molar-refractivity contribution in [2.24, 2.45) is 0 Å². The molecule has 66 valence electrons. The smallest absolute Gasteiger partial charge is 0.348 e. The maximum absolute atomic E-state index is 10.9. The number of hydrogen-bond donors (Lipinski definition) is 0. The molecule has 4 heteroatoms. The quantitative estimate of drug-likeness (QED) is 0.388. The lowest BCUT2D eigenvalue weighted by atomic mass is 10.2. The van der Waals surface area contributed by atoms with Crippen LogP contribution in [-0.4, -0.2) is 13.1 Å². The number of carbonyl (C=O) groups is 1. The number of rotatable bonds is 2. The molecule has 0 aromatic carbocycles. The largest absolute Gasteiger partial charge is 0.472 e. The zero-order valence-electron chi connectivity index (χ0n) is 6.98. The molecule has 0 fully saturated rings. The van der Waals surface area contributed by atoms with Gasteiger partial charge in [0, 0.05) is 5.56 Å². The first kappa shape index (κ1) is 9.07. The van der Waals surface area contributed by atoms with E-state index in [0.717, 1.165) is 0 Å². The molecule has 0 saturated heterocycles. The van der Waals surface area contributed by atoms with Gasteiger partial charge in [-0.3, -0.25) is 0 Å². The Morgan fingerprint density at radius 2 is 2.54 bits per heavy atom. The number of methoxy groups -OCH3 is 1. The van der Waals surface area contributed by atoms with E-state index >= 15 is 0 Å². The number of carbonyl (C=O) groups excluding carboxylic acids is 1. The molecule has 13 heavy (non-hydrogen) atoms. The van der Waals surface area contributed by atoms with Crippen molar-refractivity contribution in [3.63, 3.8) is 0 Å². The molecule has 1 heterocycles. The fourth-order valence-electron chi connectivity index (χ4n) is 0.771. The zero-order chi connectivity index (χ0) is 9.68. The molecule has 1 aromatic heterocycles. The van der Waals surface area contributed by atoms with Crippen LogP contribution in [0, 0.1) is 11.3 Å². The van der Waals surface area contributed by atoms with Crippen molar-refractivity contribution in [1.29, 1.82) is 5.26 Å². The first-order valence-corrected chi connectivity index (χ1v) is 3.50. The molecule has 0 amide bonds. The monoisotopic (exact) mass is 177 g/mol. The van der Waals surface area contributed by atoms with E-state index in [2.05, 4.69) is 4.74 Å². The minimum absolute atomic E-state index is 0.0519. The third-order valence-corrected chi connectivity index (χ3v) is 1.38. The Balaban J connectivity index is 2.91. The van der Waals surface area contributed by atoms with Crippen molar-refractivity contribution >= 4 is 12.0 Å². The lowest BCUT2D eigenvalue weighted by Gasteiger charge is -1.93. The average molecular weight is 177 g/mol. The predicted octanol–water partition coefficient (Wildman–Crippen LogP) is 1.36. The summed E-state index contributed by atoms with van der Waals surface area (Å²) in [5.74, 6) is -0.649. The molecule has 0 N–H and O–H groups in total. The van der Waals surface area contributed by atoms with E-state index in [4.69, 9.17) is 9.68 Å². The normalized spacial score (nSPS) is 10.6. The van der Waals surface area contributed by atoms with Crippen molar-refractivity contribution in [2.75, 3.05) is 7.11 Å². The molecular weight excluding hydrogens is 170 g/mol. The minimum Gasteiger partial charge on any atom is -0.472 e. The van der Waals surface area contributed by atoms with Gasteiger partial charge in [-0.15, -0.1) is 0 Å². The molecule has 0 unspecified atom stereocenters. The van der Waals surface area contributed by atoms with Crippen LogP contribution in [-0.2, 0) is 9.53 Å². The number of nitrogens with zero attached hydrogens (tertiary/aromatic N) is 1. The van der Waals surface area contributed by atoms with Gasteiger partial charge in [-0.25, -0.2) is 4.79 Å². The van der Waals surface area contributed by atoms with Crippen LogP contribution in [0.5, 0.6) is 0 Å². The van der Waals surface area contributed by atoms with E-state index in [1.54, 1.807) is 12.1 Å². The molecule has 0 spiro atoms. The Morgan fingerprint density at radius 3 is 3.00 bits per heavy atom. The van der Waals surface area contributed by atoms with Gasteiger partial charge in [-0.1, -0.05) is 0 Å². The Labute approximate surface area is 75.0 Å². The summed E-state index contributed by atoms with van der Waals surface area (Å²) in [4.78, 5) is 10.9. The van der Waals surface area contributed by atoms with E-state index in [-0.39, 0.29) is 5.57 Å². The van der Waals surface area contributed by atoms with Crippen molar-refractivity contribution in [2.45, 2.75) is 0 Å². The highest BCUT2D eigenvalue weighted by atomic mass is 16.5. The number of hydrogen-bond acceptors (Lipinski definition) is 4. The Morgan fingerprint density at radius 1 is 1.77 bits per heavy atom. The third kappa shape index (κ3) is 2.20. The van der Waals surface area contributed by atoms with E-state index in [9.17, 15) is 4.79 Å². The second-order valence-corrected chi connectivity index (χ2v) is 2.22. The van der Waals surface area contributed by atoms with Gasteiger partial charge in [0.2, 0.25) is 0 Å². The molecule has 0 aliphatic carbocycles. The van der Waals surface area contributed by atoms with Crippen molar-refractivity contribution in [1.82, 2.24) is 0 Å². The Hall–Kier alpha value is -2.02. The van der Waals surface area contributed by atoms with Gasteiger partial charge in [0.25, 0.3) is 0 Å². The average Bonchev–Trinajstić information content (AvgIpc) is 2.65. The van der Waals surface area contributed by atoms with Crippen LogP contribution in [0.3, 0.4) is 0 Å². The molecule has 0 radical (unpaired) electrons. The van der Waals surface area contributed by atoms with Crippen LogP contribution < -0.4 is 0 Å². The van der Waals surface area contributed by atoms with Gasteiger partial charge in [0.15, 0.2) is 0 Å². The number of furan rings is 1. The van der Waals surface area contributed by atoms with E-state index in [1.165, 1.54) is 25.7 Å². The molecule has 0 aliphatic heterocycles. The van der Waals surface area contributed by atoms with Crippen molar-refractivity contribution < 1.29 is 13.9 Å². The second kappa shape index (κ2) is 4.12. The van der Waals surface area contributed by atoms with Crippen LogP contribution in [0.4, 0.5) is 0 Å². The van der Waals surface area contributed by atoms with Crippen molar-refractivity contribution in [3.05, 3.63) is 29.7 Å². The second-order valence-electron chi connectivity index (χ2n) is 2.22. The third-order valence-electron chi connectivity index (χ3n) is 1.38. The molecule has 1 aromatic rings. The topological polar surface area (TPSA) is 63.2 Å². The van der Waals surface area contributed by atoms with Gasteiger partial charge < -0.3 is 9.15 Å². The SMILES string of the molecule is COC(=O)/C(C#N)=C/c1ccoc1. The lowest BCUT2D eigenvalue weighted by molar-refractivity contribution is -0.135. The summed E-state index contributed by atoms with van der Waals surface area (Å²) in [6.45, 7) is 0. The molecule has 1 rings (SSSR count). The fourth-order valence-corrected chi connectivity index (χ4v) is 0.771. The van der Waals surface area contributed by atoms with Crippen LogP contribution in [0.2, 0.25) is 0 Å². The summed E-state index contributed by atoms with van der Waals surface area (Å²) in [5, 5.41) is 8.58. The molecule has 0 bridgehead atoms. The highest BCUT2D eigenvalue weighted by Crippen LogP contribution is 2.07. The number of esters is 1. The minimum atomic E-state index is -0.649. The number of ether oxygens (including phenoxy) is 1. The van der Waals surface area contributed by atoms with Crippen LogP contribution >= 0.6 is 0 Å². The van der Waals surface area contributed by atoms with E-state index in [0.29, 0.717) is 5.56 Å². The standard InChI is InChI=1S/C9H7NO3/c1-12-9(11)8(5-10)4-7-2-3-13-6-7/h2-4,6H,1H3/b8-4+. The maximum Gasteiger partial charge on any atom is 0.348 e. The fraction of sp³-hybridized carbons (Fsp3) is 0.111. The van der Waals surface area contributed by atoms with Crippen LogP contribution in [0.15, 0.2) is 28.6 Å². The summed E-state index contributed by atoms with van der Waals surface area (Å²) in [6, 6.07) is 3.38. The van der Waals surface area contributed by atoms with Gasteiger partial charge in [-0.05, 0) is 12.1 Å². The van der Waals surface area contributed by atoms with Gasteiger partial charge >= 0.3 is 5.97 Å². The Kier molecular flexibility index (Phi) is 2.87.